The predicted molar refractivity (Wildman–Crippen MR) is 110 cm³/mol. The van der Waals surface area contributed by atoms with Gasteiger partial charge in [-0.3, -0.25) is 0 Å². The molecule has 0 spiro atoms. The van der Waals surface area contributed by atoms with E-state index in [1.54, 1.807) is 21.3 Å². The molecule has 2 aromatic rings. The molecule has 0 amide bonds. The second-order valence-electron chi connectivity index (χ2n) is 6.81. The van der Waals surface area contributed by atoms with Crippen molar-refractivity contribution in [1.29, 1.82) is 0 Å². The lowest BCUT2D eigenvalue weighted by atomic mass is 10.1. The smallest absolute Gasteiger partial charge is 0.191 e. The van der Waals surface area contributed by atoms with Crippen LogP contribution in [0, 0.1) is 0 Å². The van der Waals surface area contributed by atoms with E-state index in [4.69, 9.17) is 19.2 Å². The zero-order valence-electron chi connectivity index (χ0n) is 17.6. The van der Waals surface area contributed by atoms with Crippen molar-refractivity contribution in [3.8, 4) is 11.5 Å². The summed E-state index contributed by atoms with van der Waals surface area (Å²) in [5.41, 5.74) is 0.997. The molecule has 1 atom stereocenters. The summed E-state index contributed by atoms with van der Waals surface area (Å²) < 4.78 is 17.8. The Morgan fingerprint density at radius 1 is 1.28 bits per heavy atom. The van der Waals surface area contributed by atoms with Crippen LogP contribution in [0.3, 0.4) is 0 Å². The van der Waals surface area contributed by atoms with Gasteiger partial charge in [-0.1, -0.05) is 0 Å². The molecular formula is C20H30N6O3. The molecule has 29 heavy (non-hydrogen) atoms. The Balaban J connectivity index is 1.67. The monoisotopic (exact) mass is 402 g/mol. The van der Waals surface area contributed by atoms with Crippen LogP contribution in [0.5, 0.6) is 11.5 Å². The highest BCUT2D eigenvalue weighted by Gasteiger charge is 2.22. The van der Waals surface area contributed by atoms with Gasteiger partial charge in [-0.15, -0.1) is 0 Å². The number of aromatic nitrogens is 3. The Hall–Kier alpha value is -2.81. The molecule has 2 heterocycles. The average molecular weight is 402 g/mol. The zero-order chi connectivity index (χ0) is 20.6. The summed E-state index contributed by atoms with van der Waals surface area (Å²) in [7, 11) is 4.95. The molecule has 0 radical (unpaired) electrons. The van der Waals surface area contributed by atoms with Crippen molar-refractivity contribution in [2.24, 2.45) is 4.99 Å². The van der Waals surface area contributed by atoms with E-state index in [1.807, 2.05) is 22.9 Å². The van der Waals surface area contributed by atoms with Gasteiger partial charge in [-0.2, -0.15) is 5.10 Å². The second kappa shape index (κ2) is 10.1. The molecule has 1 unspecified atom stereocenters. The van der Waals surface area contributed by atoms with Crippen molar-refractivity contribution < 1.29 is 14.2 Å². The molecule has 0 bridgehead atoms. The van der Waals surface area contributed by atoms with Gasteiger partial charge in [0.2, 0.25) is 0 Å². The van der Waals surface area contributed by atoms with E-state index in [0.717, 1.165) is 60.6 Å². The van der Waals surface area contributed by atoms with Crippen LogP contribution >= 0.6 is 0 Å². The highest BCUT2D eigenvalue weighted by molar-refractivity contribution is 5.80. The molecule has 9 nitrogen and oxygen atoms in total. The van der Waals surface area contributed by atoms with E-state index < -0.39 is 0 Å². The van der Waals surface area contributed by atoms with Gasteiger partial charge in [0, 0.05) is 37.7 Å². The number of hydrogen-bond donors (Lipinski definition) is 2. The van der Waals surface area contributed by atoms with Gasteiger partial charge in [0.25, 0.3) is 0 Å². The molecule has 0 fully saturated rings. The fraction of sp³-hybridized carbons (Fsp3) is 0.550. The molecule has 9 heteroatoms. The number of aliphatic imine (C=N–C) groups is 1. The number of methoxy groups -OCH3 is 3. The standard InChI is InChI=1S/C20H30N6O3/c1-5-21-20(22-11-14-6-8-16(28-3)10-17(14)29-4)23-15-7-9-19-24-18(13-27-2)25-26(19)12-15/h6,8,10,15H,5,7,9,11-13H2,1-4H3,(H2,21,22,23). The largest absolute Gasteiger partial charge is 0.497 e. The number of guanidine groups is 1. The third kappa shape index (κ3) is 5.38. The van der Waals surface area contributed by atoms with Gasteiger partial charge in [-0.05, 0) is 25.5 Å². The molecule has 0 aliphatic carbocycles. The van der Waals surface area contributed by atoms with Crippen LogP contribution in [-0.4, -0.2) is 54.6 Å². The van der Waals surface area contributed by atoms with Gasteiger partial charge >= 0.3 is 0 Å². The van der Waals surface area contributed by atoms with Crippen LogP contribution in [0.1, 0.15) is 30.6 Å². The molecule has 3 rings (SSSR count). The molecule has 1 aromatic carbocycles. The van der Waals surface area contributed by atoms with Crippen LogP contribution in [0.25, 0.3) is 0 Å². The number of nitrogens with zero attached hydrogens (tertiary/aromatic N) is 4. The van der Waals surface area contributed by atoms with Gasteiger partial charge in [0.15, 0.2) is 11.8 Å². The molecule has 0 saturated carbocycles. The van der Waals surface area contributed by atoms with Crippen molar-refractivity contribution in [1.82, 2.24) is 25.4 Å². The second-order valence-corrected chi connectivity index (χ2v) is 6.81. The number of rotatable bonds is 8. The van der Waals surface area contributed by atoms with Crippen molar-refractivity contribution in [3.05, 3.63) is 35.4 Å². The van der Waals surface area contributed by atoms with E-state index in [9.17, 15) is 0 Å². The number of nitrogens with one attached hydrogen (secondary N) is 2. The molecule has 1 aromatic heterocycles. The van der Waals surface area contributed by atoms with Gasteiger partial charge in [0.1, 0.15) is 23.9 Å². The zero-order valence-corrected chi connectivity index (χ0v) is 17.6. The van der Waals surface area contributed by atoms with Gasteiger partial charge in [0.05, 0.1) is 27.3 Å². The number of benzene rings is 1. The summed E-state index contributed by atoms with van der Waals surface area (Å²) in [6, 6.07) is 5.99. The Morgan fingerprint density at radius 2 is 2.14 bits per heavy atom. The highest BCUT2D eigenvalue weighted by Crippen LogP contribution is 2.25. The minimum absolute atomic E-state index is 0.232. The van der Waals surface area contributed by atoms with E-state index >= 15 is 0 Å². The number of hydrogen-bond acceptors (Lipinski definition) is 6. The summed E-state index contributed by atoms with van der Waals surface area (Å²) in [4.78, 5) is 9.27. The van der Waals surface area contributed by atoms with Crippen molar-refractivity contribution in [3.63, 3.8) is 0 Å². The number of aryl methyl sites for hydroxylation is 1. The lowest BCUT2D eigenvalue weighted by Gasteiger charge is -2.25. The minimum atomic E-state index is 0.232. The fourth-order valence-corrected chi connectivity index (χ4v) is 3.33. The SMILES string of the molecule is CCNC(=NCc1ccc(OC)cc1OC)NC1CCc2nc(COC)nn2C1. The Morgan fingerprint density at radius 3 is 2.86 bits per heavy atom. The molecule has 1 aliphatic heterocycles. The van der Waals surface area contributed by atoms with Crippen LogP contribution in [0.2, 0.25) is 0 Å². The normalized spacial score (nSPS) is 16.3. The first-order valence-electron chi connectivity index (χ1n) is 9.84. The third-order valence-electron chi connectivity index (χ3n) is 4.76. The lowest BCUT2D eigenvalue weighted by molar-refractivity contribution is 0.177. The van der Waals surface area contributed by atoms with Crippen molar-refractivity contribution in [2.75, 3.05) is 27.9 Å². The predicted octanol–water partition coefficient (Wildman–Crippen LogP) is 1.51. The fourth-order valence-electron chi connectivity index (χ4n) is 3.33. The summed E-state index contributed by atoms with van der Waals surface area (Å²) in [6.07, 6.45) is 1.85. The van der Waals surface area contributed by atoms with Crippen LogP contribution in [0.15, 0.2) is 23.2 Å². The average Bonchev–Trinajstić information content (AvgIpc) is 3.14. The van der Waals surface area contributed by atoms with E-state index in [-0.39, 0.29) is 6.04 Å². The van der Waals surface area contributed by atoms with Gasteiger partial charge in [-0.25, -0.2) is 14.7 Å². The summed E-state index contributed by atoms with van der Waals surface area (Å²) in [5.74, 6) is 4.05. The summed E-state index contributed by atoms with van der Waals surface area (Å²) in [6.45, 7) is 4.53. The first-order chi connectivity index (χ1) is 14.2. The van der Waals surface area contributed by atoms with Gasteiger partial charge < -0.3 is 24.8 Å². The van der Waals surface area contributed by atoms with Crippen molar-refractivity contribution >= 4 is 5.96 Å². The maximum atomic E-state index is 5.47. The maximum Gasteiger partial charge on any atom is 0.191 e. The number of ether oxygens (including phenoxy) is 3. The third-order valence-corrected chi connectivity index (χ3v) is 4.76. The van der Waals surface area contributed by atoms with E-state index in [1.165, 1.54) is 0 Å². The summed E-state index contributed by atoms with van der Waals surface area (Å²) >= 11 is 0. The first kappa shape index (κ1) is 20.9. The van der Waals surface area contributed by atoms with E-state index in [0.29, 0.717) is 13.2 Å². The Kier molecular flexibility index (Phi) is 7.29. The summed E-state index contributed by atoms with van der Waals surface area (Å²) in [5, 5.41) is 11.4. The van der Waals surface area contributed by atoms with Crippen molar-refractivity contribution in [2.45, 2.75) is 45.5 Å². The Bertz CT molecular complexity index is 836. The topological polar surface area (TPSA) is 94.8 Å². The molecular weight excluding hydrogens is 372 g/mol. The minimum Gasteiger partial charge on any atom is -0.497 e. The highest BCUT2D eigenvalue weighted by atomic mass is 16.5. The van der Waals surface area contributed by atoms with Crippen LogP contribution < -0.4 is 20.1 Å². The molecule has 2 N–H and O–H groups in total. The Labute approximate surface area is 171 Å². The van der Waals surface area contributed by atoms with Crippen LogP contribution in [-0.2, 0) is 30.9 Å². The molecule has 158 valence electrons. The van der Waals surface area contributed by atoms with E-state index in [2.05, 4.69) is 27.6 Å². The first-order valence-corrected chi connectivity index (χ1v) is 9.84. The lowest BCUT2D eigenvalue weighted by Crippen LogP contribution is -2.47. The number of fused-ring (bicyclic) bond motifs is 1. The quantitative estimate of drug-likeness (QED) is 0.510. The van der Waals surface area contributed by atoms with Crippen LogP contribution in [0.4, 0.5) is 0 Å². The molecule has 1 aliphatic rings. The molecule has 0 saturated heterocycles. The maximum absolute atomic E-state index is 5.47.